The van der Waals surface area contributed by atoms with Gasteiger partial charge in [0, 0.05) is 42.0 Å². The summed E-state index contributed by atoms with van der Waals surface area (Å²) in [4.78, 5) is 14.1. The van der Waals surface area contributed by atoms with Crippen LogP contribution in [0.5, 0.6) is 0 Å². The van der Waals surface area contributed by atoms with Crippen LogP contribution in [-0.2, 0) is 12.8 Å². The summed E-state index contributed by atoms with van der Waals surface area (Å²) in [5.41, 5.74) is 15.5. The first kappa shape index (κ1) is 17.8. The molecule has 0 spiro atoms. The van der Waals surface area contributed by atoms with E-state index < -0.39 is 0 Å². The van der Waals surface area contributed by atoms with Crippen LogP contribution in [0.25, 0.3) is 60.6 Å². The maximum atomic E-state index is 5.29. The van der Waals surface area contributed by atoms with Crippen molar-refractivity contribution < 1.29 is 0 Å². The predicted molar refractivity (Wildman–Crippen MR) is 140 cm³/mol. The Kier molecular flexibility index (Phi) is 3.11. The summed E-state index contributed by atoms with van der Waals surface area (Å²) in [5, 5.41) is 3.32. The quantitative estimate of drug-likeness (QED) is 0.243. The second kappa shape index (κ2) is 6.10. The second-order valence-corrected chi connectivity index (χ2v) is 9.69. The standard InChI is InChI=1S/C31H18N4/c1-2-4-20-17(3-1)13-18-5-6-19-14-23-22(29(19)28(18)20)7-8-27-30(23)34-31-25-16-32-11-9-21(25)24-15-33-12-10-26(24)35(27)31/h1-12,15-16H,13-14H2. The Balaban J connectivity index is 1.42. The van der Waals surface area contributed by atoms with Gasteiger partial charge >= 0.3 is 0 Å². The first-order valence-electron chi connectivity index (χ1n) is 12.0. The lowest BCUT2D eigenvalue weighted by atomic mass is 9.94. The molecular formula is C31H18N4. The number of fused-ring (bicyclic) bond motifs is 16. The third kappa shape index (κ3) is 2.11. The Hall–Kier alpha value is -4.57. The molecule has 0 bridgehead atoms. The number of pyridine rings is 3. The number of rotatable bonds is 0. The van der Waals surface area contributed by atoms with Crippen molar-refractivity contribution in [3.8, 4) is 22.3 Å². The zero-order chi connectivity index (χ0) is 22.7. The van der Waals surface area contributed by atoms with Crippen molar-refractivity contribution in [3.63, 3.8) is 0 Å². The molecule has 4 aromatic heterocycles. The Morgan fingerprint density at radius 1 is 0.600 bits per heavy atom. The Morgan fingerprint density at radius 3 is 2.34 bits per heavy atom. The monoisotopic (exact) mass is 446 g/mol. The molecule has 9 rings (SSSR count). The Bertz CT molecular complexity index is 2070. The molecule has 3 aromatic carbocycles. The molecule has 0 atom stereocenters. The van der Waals surface area contributed by atoms with Gasteiger partial charge in [-0.3, -0.25) is 14.4 Å². The SMILES string of the molecule is c1ccc2c(c1)Cc1ccc3c(c1-2)-c1ccc2c(nc4c5cnccc5c5cnccc5n24)c1C3. The highest BCUT2D eigenvalue weighted by atomic mass is 15.0. The first-order chi connectivity index (χ1) is 17.4. The zero-order valence-electron chi connectivity index (χ0n) is 18.8. The summed E-state index contributed by atoms with van der Waals surface area (Å²) in [7, 11) is 0. The summed E-state index contributed by atoms with van der Waals surface area (Å²) in [5.74, 6) is 0. The van der Waals surface area contributed by atoms with Crippen LogP contribution in [0.2, 0.25) is 0 Å². The smallest absolute Gasteiger partial charge is 0.147 e. The van der Waals surface area contributed by atoms with Crippen LogP contribution in [0.1, 0.15) is 22.3 Å². The Morgan fingerprint density at radius 2 is 1.40 bits per heavy atom. The van der Waals surface area contributed by atoms with Crippen LogP contribution in [0.3, 0.4) is 0 Å². The molecule has 162 valence electrons. The molecular weight excluding hydrogens is 428 g/mol. The van der Waals surface area contributed by atoms with E-state index in [9.17, 15) is 0 Å². The Labute approximate surface area is 200 Å². The molecule has 2 aliphatic carbocycles. The molecule has 0 radical (unpaired) electrons. The third-order valence-corrected chi connectivity index (χ3v) is 8.01. The van der Waals surface area contributed by atoms with E-state index in [1.807, 2.05) is 24.8 Å². The van der Waals surface area contributed by atoms with Gasteiger partial charge in [-0.1, -0.05) is 42.5 Å². The molecule has 0 amide bonds. The van der Waals surface area contributed by atoms with Gasteiger partial charge < -0.3 is 0 Å². The van der Waals surface area contributed by atoms with Gasteiger partial charge in [-0.15, -0.1) is 0 Å². The van der Waals surface area contributed by atoms with Gasteiger partial charge in [-0.2, -0.15) is 0 Å². The van der Waals surface area contributed by atoms with Crippen molar-refractivity contribution in [2.75, 3.05) is 0 Å². The molecule has 4 nitrogen and oxygen atoms in total. The van der Waals surface area contributed by atoms with Gasteiger partial charge in [0.1, 0.15) is 5.65 Å². The summed E-state index contributed by atoms with van der Waals surface area (Å²) in [6.07, 6.45) is 9.53. The maximum Gasteiger partial charge on any atom is 0.147 e. The van der Waals surface area contributed by atoms with Gasteiger partial charge in [0.05, 0.1) is 16.6 Å². The molecule has 2 aliphatic rings. The lowest BCUT2D eigenvalue weighted by Gasteiger charge is -2.10. The lowest BCUT2D eigenvalue weighted by molar-refractivity contribution is 1.24. The predicted octanol–water partition coefficient (Wildman–Crippen LogP) is 6.73. The summed E-state index contributed by atoms with van der Waals surface area (Å²) in [6, 6.07) is 22.3. The largest absolute Gasteiger partial charge is 0.292 e. The van der Waals surface area contributed by atoms with Gasteiger partial charge in [0.15, 0.2) is 0 Å². The van der Waals surface area contributed by atoms with Crippen LogP contribution in [0.15, 0.2) is 85.5 Å². The zero-order valence-corrected chi connectivity index (χ0v) is 18.8. The van der Waals surface area contributed by atoms with Gasteiger partial charge in [0.25, 0.3) is 0 Å². The van der Waals surface area contributed by atoms with E-state index in [2.05, 4.69) is 75.0 Å². The van der Waals surface area contributed by atoms with E-state index in [1.54, 1.807) is 0 Å². The fourth-order valence-corrected chi connectivity index (χ4v) is 6.55. The number of imidazole rings is 1. The maximum absolute atomic E-state index is 5.29. The minimum atomic E-state index is 0.914. The normalized spacial score (nSPS) is 13.5. The van der Waals surface area contributed by atoms with Crippen molar-refractivity contribution in [2.24, 2.45) is 0 Å². The summed E-state index contributed by atoms with van der Waals surface area (Å²) < 4.78 is 2.29. The number of nitrogens with zero attached hydrogens (tertiary/aromatic N) is 4. The van der Waals surface area contributed by atoms with Crippen molar-refractivity contribution in [3.05, 3.63) is 108 Å². The number of hydrogen-bond donors (Lipinski definition) is 0. The fraction of sp³-hybridized carbons (Fsp3) is 0.0645. The van der Waals surface area contributed by atoms with Crippen molar-refractivity contribution >= 4 is 38.4 Å². The van der Waals surface area contributed by atoms with Crippen molar-refractivity contribution in [2.45, 2.75) is 12.8 Å². The first-order valence-corrected chi connectivity index (χ1v) is 12.0. The molecule has 0 unspecified atom stereocenters. The highest BCUT2D eigenvalue weighted by Crippen LogP contribution is 2.50. The molecule has 0 aliphatic heterocycles. The van der Waals surface area contributed by atoms with E-state index in [0.29, 0.717) is 0 Å². The van der Waals surface area contributed by atoms with Gasteiger partial charge in [-0.25, -0.2) is 4.98 Å². The van der Waals surface area contributed by atoms with Crippen LogP contribution < -0.4 is 0 Å². The molecule has 0 N–H and O–H groups in total. The second-order valence-electron chi connectivity index (χ2n) is 9.69. The highest BCUT2D eigenvalue weighted by Gasteiger charge is 2.30. The molecule has 7 aromatic rings. The fourth-order valence-electron chi connectivity index (χ4n) is 6.55. The van der Waals surface area contributed by atoms with E-state index in [0.717, 1.165) is 51.2 Å². The van der Waals surface area contributed by atoms with Crippen LogP contribution in [-0.4, -0.2) is 19.4 Å². The highest BCUT2D eigenvalue weighted by molar-refractivity contribution is 6.14. The molecule has 0 saturated heterocycles. The van der Waals surface area contributed by atoms with Gasteiger partial charge in [-0.05, 0) is 74.5 Å². The molecule has 0 fully saturated rings. The molecule has 35 heavy (non-hydrogen) atoms. The van der Waals surface area contributed by atoms with Crippen LogP contribution in [0, 0.1) is 0 Å². The molecule has 4 heterocycles. The van der Waals surface area contributed by atoms with E-state index in [4.69, 9.17) is 4.98 Å². The average molecular weight is 447 g/mol. The van der Waals surface area contributed by atoms with Crippen molar-refractivity contribution in [1.82, 2.24) is 19.4 Å². The van der Waals surface area contributed by atoms with Crippen LogP contribution >= 0.6 is 0 Å². The number of benzene rings is 3. The lowest BCUT2D eigenvalue weighted by Crippen LogP contribution is -1.92. The van der Waals surface area contributed by atoms with E-state index in [-0.39, 0.29) is 0 Å². The molecule has 0 saturated carbocycles. The van der Waals surface area contributed by atoms with Crippen molar-refractivity contribution in [1.29, 1.82) is 0 Å². The average Bonchev–Trinajstić information content (AvgIpc) is 3.59. The number of aromatic nitrogens is 4. The van der Waals surface area contributed by atoms with E-state index in [1.165, 1.54) is 44.5 Å². The van der Waals surface area contributed by atoms with E-state index >= 15 is 0 Å². The number of hydrogen-bond acceptors (Lipinski definition) is 3. The van der Waals surface area contributed by atoms with Crippen LogP contribution in [0.4, 0.5) is 0 Å². The summed E-state index contributed by atoms with van der Waals surface area (Å²) in [6.45, 7) is 0. The minimum absolute atomic E-state index is 0.914. The summed E-state index contributed by atoms with van der Waals surface area (Å²) >= 11 is 0. The molecule has 4 heteroatoms. The van der Waals surface area contributed by atoms with Gasteiger partial charge in [0.2, 0.25) is 0 Å². The topological polar surface area (TPSA) is 43.1 Å². The minimum Gasteiger partial charge on any atom is -0.292 e. The third-order valence-electron chi connectivity index (χ3n) is 8.01.